The van der Waals surface area contributed by atoms with Crippen molar-refractivity contribution in [2.75, 3.05) is 13.1 Å². The Morgan fingerprint density at radius 3 is 2.52 bits per heavy atom. The van der Waals surface area contributed by atoms with E-state index in [0.717, 1.165) is 47.1 Å². The van der Waals surface area contributed by atoms with Gasteiger partial charge in [-0.25, -0.2) is 4.98 Å². The Hall–Kier alpha value is -1.68. The van der Waals surface area contributed by atoms with Crippen molar-refractivity contribution >= 4 is 17.2 Å². The fourth-order valence-electron chi connectivity index (χ4n) is 2.63. The number of rotatable bonds is 3. The second-order valence-electron chi connectivity index (χ2n) is 5.66. The van der Waals surface area contributed by atoms with Crippen LogP contribution in [0.15, 0.2) is 24.3 Å². The lowest BCUT2D eigenvalue weighted by Gasteiger charge is -2.14. The lowest BCUT2D eigenvalue weighted by Crippen LogP contribution is -2.28. The second-order valence-corrected chi connectivity index (χ2v) is 6.74. The SMILES string of the molecule is Cc1ccc(-c2nc(C)c(CC(=O)N3CCCC3)s2)cc1. The van der Waals surface area contributed by atoms with Crippen molar-refractivity contribution in [3.63, 3.8) is 0 Å². The predicted octanol–water partition coefficient (Wildman–Crippen LogP) is 3.59. The van der Waals surface area contributed by atoms with E-state index >= 15 is 0 Å². The smallest absolute Gasteiger partial charge is 0.227 e. The number of aromatic nitrogens is 1. The van der Waals surface area contributed by atoms with Gasteiger partial charge in [-0.15, -0.1) is 11.3 Å². The zero-order valence-corrected chi connectivity index (χ0v) is 13.4. The van der Waals surface area contributed by atoms with Crippen LogP contribution >= 0.6 is 11.3 Å². The highest BCUT2D eigenvalue weighted by Gasteiger charge is 2.20. The van der Waals surface area contributed by atoms with Crippen molar-refractivity contribution < 1.29 is 4.79 Å². The van der Waals surface area contributed by atoms with Crippen LogP contribution in [-0.4, -0.2) is 28.9 Å². The van der Waals surface area contributed by atoms with Crippen LogP contribution in [0.5, 0.6) is 0 Å². The third-order valence-corrected chi connectivity index (χ3v) is 5.17. The lowest BCUT2D eigenvalue weighted by molar-refractivity contribution is -0.129. The molecule has 0 bridgehead atoms. The molecular formula is C17H20N2OS. The van der Waals surface area contributed by atoms with Gasteiger partial charge in [0.1, 0.15) is 5.01 Å². The van der Waals surface area contributed by atoms with E-state index in [1.807, 2.05) is 11.8 Å². The third kappa shape index (κ3) is 3.16. The highest BCUT2D eigenvalue weighted by Crippen LogP contribution is 2.29. The minimum atomic E-state index is 0.245. The summed E-state index contributed by atoms with van der Waals surface area (Å²) in [6.45, 7) is 5.92. The molecule has 0 spiro atoms. The topological polar surface area (TPSA) is 33.2 Å². The molecule has 0 aliphatic carbocycles. The molecule has 0 radical (unpaired) electrons. The highest BCUT2D eigenvalue weighted by molar-refractivity contribution is 7.15. The first-order chi connectivity index (χ1) is 10.1. The summed E-state index contributed by atoms with van der Waals surface area (Å²) in [4.78, 5) is 20.0. The number of carbonyl (C=O) groups is 1. The summed E-state index contributed by atoms with van der Waals surface area (Å²) in [7, 11) is 0. The van der Waals surface area contributed by atoms with Gasteiger partial charge in [0.15, 0.2) is 0 Å². The second kappa shape index (κ2) is 5.98. The molecule has 4 heteroatoms. The van der Waals surface area contributed by atoms with Gasteiger partial charge >= 0.3 is 0 Å². The minimum Gasteiger partial charge on any atom is -0.342 e. The summed E-state index contributed by atoms with van der Waals surface area (Å²) in [5.41, 5.74) is 3.37. The number of nitrogens with zero attached hydrogens (tertiary/aromatic N) is 2. The van der Waals surface area contributed by atoms with E-state index < -0.39 is 0 Å². The molecule has 1 amide bonds. The molecule has 1 aliphatic heterocycles. The summed E-state index contributed by atoms with van der Waals surface area (Å²) in [6.07, 6.45) is 2.78. The molecule has 2 aromatic rings. The molecule has 0 saturated carbocycles. The lowest BCUT2D eigenvalue weighted by atomic mass is 10.2. The third-order valence-electron chi connectivity index (χ3n) is 3.96. The van der Waals surface area contributed by atoms with Crippen LogP contribution in [-0.2, 0) is 11.2 Å². The standard InChI is InChI=1S/C17H20N2OS/c1-12-5-7-14(8-6-12)17-18-13(2)15(21-17)11-16(20)19-9-3-4-10-19/h5-8H,3-4,9-11H2,1-2H3. The monoisotopic (exact) mass is 300 g/mol. The van der Waals surface area contributed by atoms with Crippen molar-refractivity contribution in [3.8, 4) is 10.6 Å². The Balaban J connectivity index is 1.77. The summed E-state index contributed by atoms with van der Waals surface area (Å²) in [5.74, 6) is 0.245. The van der Waals surface area contributed by atoms with Crippen molar-refractivity contribution in [2.24, 2.45) is 0 Å². The Kier molecular flexibility index (Phi) is 4.06. The summed E-state index contributed by atoms with van der Waals surface area (Å²) in [5, 5.41) is 1.01. The molecule has 1 aromatic carbocycles. The molecule has 110 valence electrons. The van der Waals surface area contributed by atoms with Gasteiger partial charge < -0.3 is 4.90 Å². The number of benzene rings is 1. The zero-order chi connectivity index (χ0) is 14.8. The summed E-state index contributed by atoms with van der Waals surface area (Å²) < 4.78 is 0. The van der Waals surface area contributed by atoms with Crippen LogP contribution < -0.4 is 0 Å². The van der Waals surface area contributed by atoms with E-state index in [2.05, 4.69) is 36.2 Å². The van der Waals surface area contributed by atoms with Crippen molar-refractivity contribution in [1.82, 2.24) is 9.88 Å². The molecular weight excluding hydrogens is 280 g/mol. The van der Waals surface area contributed by atoms with Gasteiger partial charge in [-0.2, -0.15) is 0 Å². The molecule has 1 aromatic heterocycles. The molecule has 21 heavy (non-hydrogen) atoms. The molecule has 3 rings (SSSR count). The van der Waals surface area contributed by atoms with E-state index in [9.17, 15) is 4.79 Å². The highest BCUT2D eigenvalue weighted by atomic mass is 32.1. The van der Waals surface area contributed by atoms with Gasteiger partial charge in [0.25, 0.3) is 0 Å². The van der Waals surface area contributed by atoms with Crippen molar-refractivity contribution in [1.29, 1.82) is 0 Å². The average molecular weight is 300 g/mol. The van der Waals surface area contributed by atoms with Gasteiger partial charge in [0, 0.05) is 23.5 Å². The number of carbonyl (C=O) groups excluding carboxylic acids is 1. The fourth-order valence-corrected chi connectivity index (χ4v) is 3.69. The van der Waals surface area contributed by atoms with Crippen LogP contribution in [0.4, 0.5) is 0 Å². The number of aryl methyl sites for hydroxylation is 2. The predicted molar refractivity (Wildman–Crippen MR) is 86.5 cm³/mol. The summed E-state index contributed by atoms with van der Waals surface area (Å²) in [6, 6.07) is 8.39. The Morgan fingerprint density at radius 1 is 1.19 bits per heavy atom. The van der Waals surface area contributed by atoms with Gasteiger partial charge in [-0.05, 0) is 26.7 Å². The molecule has 0 unspecified atom stereocenters. The Morgan fingerprint density at radius 2 is 1.86 bits per heavy atom. The molecule has 0 N–H and O–H groups in total. The maximum atomic E-state index is 12.3. The Bertz CT molecular complexity index is 639. The first kappa shape index (κ1) is 14.3. The van der Waals surface area contributed by atoms with Crippen LogP contribution in [0.1, 0.15) is 29.0 Å². The van der Waals surface area contributed by atoms with E-state index in [1.165, 1.54) is 5.56 Å². The van der Waals surface area contributed by atoms with E-state index in [-0.39, 0.29) is 5.91 Å². The van der Waals surface area contributed by atoms with Crippen LogP contribution in [0, 0.1) is 13.8 Å². The van der Waals surface area contributed by atoms with E-state index in [0.29, 0.717) is 6.42 Å². The fraction of sp³-hybridized carbons (Fsp3) is 0.412. The normalized spacial score (nSPS) is 14.7. The van der Waals surface area contributed by atoms with Crippen LogP contribution in [0.25, 0.3) is 10.6 Å². The number of hydrogen-bond acceptors (Lipinski definition) is 3. The maximum absolute atomic E-state index is 12.3. The van der Waals surface area contributed by atoms with Crippen molar-refractivity contribution in [3.05, 3.63) is 40.4 Å². The average Bonchev–Trinajstić information content (AvgIpc) is 3.10. The quantitative estimate of drug-likeness (QED) is 0.868. The van der Waals surface area contributed by atoms with Gasteiger partial charge in [0.05, 0.1) is 12.1 Å². The molecule has 2 heterocycles. The van der Waals surface area contributed by atoms with E-state index in [4.69, 9.17) is 0 Å². The maximum Gasteiger partial charge on any atom is 0.227 e. The summed E-state index contributed by atoms with van der Waals surface area (Å²) >= 11 is 1.65. The first-order valence-corrected chi connectivity index (χ1v) is 8.26. The number of hydrogen-bond donors (Lipinski definition) is 0. The molecule has 1 fully saturated rings. The van der Waals surface area contributed by atoms with Crippen LogP contribution in [0.3, 0.4) is 0 Å². The van der Waals surface area contributed by atoms with Gasteiger partial charge in [0.2, 0.25) is 5.91 Å². The molecule has 1 aliphatic rings. The largest absolute Gasteiger partial charge is 0.342 e. The van der Waals surface area contributed by atoms with Crippen molar-refractivity contribution in [2.45, 2.75) is 33.1 Å². The molecule has 1 saturated heterocycles. The van der Waals surface area contributed by atoms with Gasteiger partial charge in [-0.1, -0.05) is 29.8 Å². The minimum absolute atomic E-state index is 0.245. The first-order valence-electron chi connectivity index (χ1n) is 7.44. The zero-order valence-electron chi connectivity index (χ0n) is 12.6. The Labute approximate surface area is 129 Å². The number of thiazole rings is 1. The number of likely N-dealkylation sites (tertiary alicyclic amines) is 1. The van der Waals surface area contributed by atoms with E-state index in [1.54, 1.807) is 11.3 Å². The van der Waals surface area contributed by atoms with Gasteiger partial charge in [-0.3, -0.25) is 4.79 Å². The molecule has 0 atom stereocenters. The van der Waals surface area contributed by atoms with Crippen LogP contribution in [0.2, 0.25) is 0 Å². The molecule has 3 nitrogen and oxygen atoms in total. The number of amides is 1.